The van der Waals surface area contributed by atoms with Gasteiger partial charge in [-0.2, -0.15) is 0 Å². The SMILES string of the molecule is CCN(C(=O)CS(=O)(=O)Cc1cccc(OC)n1)c1ccccc1. The first-order valence-corrected chi connectivity index (χ1v) is 9.33. The van der Waals surface area contributed by atoms with E-state index < -0.39 is 21.5 Å². The number of rotatable bonds is 7. The van der Waals surface area contributed by atoms with E-state index in [1.54, 1.807) is 49.4 Å². The molecule has 0 saturated carbocycles. The third kappa shape index (κ3) is 4.79. The number of amides is 1. The smallest absolute Gasteiger partial charge is 0.242 e. The topological polar surface area (TPSA) is 76.6 Å². The molecule has 0 aliphatic carbocycles. The first-order valence-electron chi connectivity index (χ1n) is 7.51. The third-order valence-corrected chi connectivity index (χ3v) is 4.81. The number of carbonyl (C=O) groups excluding carboxylic acids is 1. The van der Waals surface area contributed by atoms with Crippen molar-refractivity contribution in [1.29, 1.82) is 0 Å². The van der Waals surface area contributed by atoms with Crippen LogP contribution in [0.1, 0.15) is 12.6 Å². The molecular weight excluding hydrogens is 328 g/mol. The van der Waals surface area contributed by atoms with Gasteiger partial charge in [-0.25, -0.2) is 13.4 Å². The lowest BCUT2D eigenvalue weighted by molar-refractivity contribution is -0.116. The summed E-state index contributed by atoms with van der Waals surface area (Å²) in [6.45, 7) is 2.21. The molecular formula is C17H20N2O4S. The summed E-state index contributed by atoms with van der Waals surface area (Å²) in [5, 5.41) is 0. The van der Waals surface area contributed by atoms with Gasteiger partial charge < -0.3 is 9.64 Å². The van der Waals surface area contributed by atoms with Gasteiger partial charge in [0.2, 0.25) is 11.8 Å². The molecule has 1 aromatic carbocycles. The highest BCUT2D eigenvalue weighted by atomic mass is 32.2. The van der Waals surface area contributed by atoms with E-state index in [-0.39, 0.29) is 5.75 Å². The number of anilines is 1. The summed E-state index contributed by atoms with van der Waals surface area (Å²) in [5.74, 6) is -0.975. The summed E-state index contributed by atoms with van der Waals surface area (Å²) in [6, 6.07) is 13.9. The molecule has 0 saturated heterocycles. The Morgan fingerprint density at radius 3 is 2.46 bits per heavy atom. The Morgan fingerprint density at radius 2 is 1.83 bits per heavy atom. The number of benzene rings is 1. The molecule has 0 bridgehead atoms. The molecule has 6 nitrogen and oxygen atoms in total. The highest BCUT2D eigenvalue weighted by molar-refractivity contribution is 7.91. The molecule has 0 radical (unpaired) electrons. The van der Waals surface area contributed by atoms with Gasteiger partial charge in [0.05, 0.1) is 18.6 Å². The zero-order valence-electron chi connectivity index (χ0n) is 13.7. The van der Waals surface area contributed by atoms with Crippen molar-refractivity contribution in [2.75, 3.05) is 24.3 Å². The lowest BCUT2D eigenvalue weighted by atomic mass is 10.3. The predicted molar refractivity (Wildman–Crippen MR) is 92.7 cm³/mol. The van der Waals surface area contributed by atoms with Gasteiger partial charge in [0, 0.05) is 18.3 Å². The number of hydrogen-bond acceptors (Lipinski definition) is 5. The van der Waals surface area contributed by atoms with Crippen molar-refractivity contribution in [2.45, 2.75) is 12.7 Å². The number of carbonyl (C=O) groups is 1. The number of nitrogens with zero attached hydrogens (tertiary/aromatic N) is 2. The number of sulfone groups is 1. The van der Waals surface area contributed by atoms with Crippen LogP contribution in [0.4, 0.5) is 5.69 Å². The van der Waals surface area contributed by atoms with Crippen LogP contribution in [0.25, 0.3) is 0 Å². The Bertz CT molecular complexity index is 791. The van der Waals surface area contributed by atoms with Crippen LogP contribution in [0.3, 0.4) is 0 Å². The Labute approximate surface area is 142 Å². The minimum absolute atomic E-state index is 0.303. The number of aromatic nitrogens is 1. The summed E-state index contributed by atoms with van der Waals surface area (Å²) < 4.78 is 29.6. The number of ether oxygens (including phenoxy) is 1. The van der Waals surface area contributed by atoms with Crippen LogP contribution >= 0.6 is 0 Å². The second-order valence-corrected chi connectivity index (χ2v) is 7.24. The largest absolute Gasteiger partial charge is 0.481 e. The summed E-state index contributed by atoms with van der Waals surface area (Å²) in [4.78, 5) is 17.9. The van der Waals surface area contributed by atoms with Crippen LogP contribution in [0.2, 0.25) is 0 Å². The molecule has 1 amide bonds. The van der Waals surface area contributed by atoms with Gasteiger partial charge in [-0.05, 0) is 25.1 Å². The fourth-order valence-electron chi connectivity index (χ4n) is 2.30. The number of hydrogen-bond donors (Lipinski definition) is 0. The van der Waals surface area contributed by atoms with Crippen molar-refractivity contribution in [3.8, 4) is 5.88 Å². The van der Waals surface area contributed by atoms with Gasteiger partial charge in [0.15, 0.2) is 9.84 Å². The number of methoxy groups -OCH3 is 1. The molecule has 1 aromatic heterocycles. The Kier molecular flexibility index (Phi) is 5.92. The number of pyridine rings is 1. The standard InChI is InChI=1S/C17H20N2O4S/c1-3-19(15-9-5-4-6-10-15)17(20)13-24(21,22)12-14-8-7-11-16(18-14)23-2/h4-11H,3,12-13H2,1-2H3. The zero-order valence-corrected chi connectivity index (χ0v) is 14.5. The third-order valence-electron chi connectivity index (χ3n) is 3.39. The van der Waals surface area contributed by atoms with E-state index in [1.165, 1.54) is 12.0 Å². The molecule has 128 valence electrons. The molecule has 0 spiro atoms. The summed E-state index contributed by atoms with van der Waals surface area (Å²) in [6.07, 6.45) is 0. The fraction of sp³-hybridized carbons (Fsp3) is 0.294. The van der Waals surface area contributed by atoms with E-state index in [2.05, 4.69) is 4.98 Å². The van der Waals surface area contributed by atoms with E-state index >= 15 is 0 Å². The second kappa shape index (κ2) is 7.92. The van der Waals surface area contributed by atoms with Crippen LogP contribution < -0.4 is 9.64 Å². The maximum Gasteiger partial charge on any atom is 0.242 e. The zero-order chi connectivity index (χ0) is 17.6. The summed E-state index contributed by atoms with van der Waals surface area (Å²) in [7, 11) is -2.17. The van der Waals surface area contributed by atoms with Gasteiger partial charge in [0.1, 0.15) is 5.75 Å². The van der Waals surface area contributed by atoms with E-state index in [4.69, 9.17) is 4.74 Å². The highest BCUT2D eigenvalue weighted by Crippen LogP contribution is 2.15. The minimum Gasteiger partial charge on any atom is -0.481 e. The number of para-hydroxylation sites is 1. The maximum absolute atomic E-state index is 12.4. The van der Waals surface area contributed by atoms with Crippen LogP contribution in [0.15, 0.2) is 48.5 Å². The average Bonchev–Trinajstić information content (AvgIpc) is 2.55. The van der Waals surface area contributed by atoms with Crippen molar-refractivity contribution < 1.29 is 17.9 Å². The molecule has 1 heterocycles. The van der Waals surface area contributed by atoms with E-state index in [9.17, 15) is 13.2 Å². The lowest BCUT2D eigenvalue weighted by Gasteiger charge is -2.20. The average molecular weight is 348 g/mol. The van der Waals surface area contributed by atoms with Gasteiger partial charge >= 0.3 is 0 Å². The van der Waals surface area contributed by atoms with E-state index in [0.29, 0.717) is 23.8 Å². The maximum atomic E-state index is 12.4. The first-order chi connectivity index (χ1) is 11.4. The summed E-state index contributed by atoms with van der Waals surface area (Å²) >= 11 is 0. The van der Waals surface area contributed by atoms with Crippen molar-refractivity contribution in [3.63, 3.8) is 0 Å². The van der Waals surface area contributed by atoms with Gasteiger partial charge in [-0.1, -0.05) is 24.3 Å². The van der Waals surface area contributed by atoms with Crippen molar-refractivity contribution in [1.82, 2.24) is 4.98 Å². The molecule has 2 aromatic rings. The fourth-order valence-corrected chi connectivity index (χ4v) is 3.55. The monoisotopic (exact) mass is 348 g/mol. The molecule has 0 unspecified atom stereocenters. The first kappa shape index (κ1) is 17.9. The van der Waals surface area contributed by atoms with Crippen molar-refractivity contribution in [3.05, 3.63) is 54.2 Å². The molecule has 0 aliphatic rings. The van der Waals surface area contributed by atoms with Crippen molar-refractivity contribution in [2.24, 2.45) is 0 Å². The quantitative estimate of drug-likeness (QED) is 0.765. The Morgan fingerprint density at radius 1 is 1.12 bits per heavy atom. The molecule has 2 rings (SSSR count). The molecule has 7 heteroatoms. The van der Waals surface area contributed by atoms with Crippen LogP contribution in [-0.2, 0) is 20.4 Å². The van der Waals surface area contributed by atoms with Gasteiger partial charge in [0.25, 0.3) is 0 Å². The molecule has 0 aliphatic heterocycles. The Hall–Kier alpha value is -2.41. The molecule has 24 heavy (non-hydrogen) atoms. The molecule has 0 N–H and O–H groups in total. The Balaban J connectivity index is 2.11. The molecule has 0 atom stereocenters. The molecule has 0 fully saturated rings. The second-order valence-electron chi connectivity index (χ2n) is 5.18. The van der Waals surface area contributed by atoms with E-state index in [0.717, 1.165) is 0 Å². The van der Waals surface area contributed by atoms with Crippen molar-refractivity contribution >= 4 is 21.4 Å². The highest BCUT2D eigenvalue weighted by Gasteiger charge is 2.23. The van der Waals surface area contributed by atoms with Gasteiger partial charge in [-0.3, -0.25) is 4.79 Å². The van der Waals surface area contributed by atoms with E-state index in [1.807, 2.05) is 6.07 Å². The lowest BCUT2D eigenvalue weighted by Crippen LogP contribution is -2.36. The van der Waals surface area contributed by atoms with Gasteiger partial charge in [-0.15, -0.1) is 0 Å². The van der Waals surface area contributed by atoms with Crippen LogP contribution in [0, 0.1) is 0 Å². The summed E-state index contributed by atoms with van der Waals surface area (Å²) in [5.41, 5.74) is 1.03. The predicted octanol–water partition coefficient (Wildman–Crippen LogP) is 2.06. The van der Waals surface area contributed by atoms with Crippen LogP contribution in [-0.4, -0.2) is 38.7 Å². The normalized spacial score (nSPS) is 11.1. The van der Waals surface area contributed by atoms with Crippen LogP contribution in [0.5, 0.6) is 5.88 Å². The minimum atomic E-state index is -3.63.